The van der Waals surface area contributed by atoms with Crippen LogP contribution in [0.5, 0.6) is 5.75 Å². The second-order valence-electron chi connectivity index (χ2n) is 7.38. The highest BCUT2D eigenvalue weighted by Gasteiger charge is 2.25. The van der Waals surface area contributed by atoms with E-state index >= 15 is 0 Å². The Kier molecular flexibility index (Phi) is 5.98. The van der Waals surface area contributed by atoms with Crippen LogP contribution in [-0.2, 0) is 4.79 Å². The van der Waals surface area contributed by atoms with Crippen LogP contribution in [0.2, 0.25) is 0 Å². The first kappa shape index (κ1) is 20.6. The third kappa shape index (κ3) is 4.28. The van der Waals surface area contributed by atoms with E-state index in [2.05, 4.69) is 5.10 Å². The summed E-state index contributed by atoms with van der Waals surface area (Å²) in [6, 6.07) is 21.7. The summed E-state index contributed by atoms with van der Waals surface area (Å²) in [4.78, 5) is 13.3. The summed E-state index contributed by atoms with van der Waals surface area (Å²) < 4.78 is 21.4. The van der Waals surface area contributed by atoms with Gasteiger partial charge in [0.1, 0.15) is 17.7 Å². The van der Waals surface area contributed by atoms with Crippen LogP contribution < -0.4 is 4.74 Å². The summed E-state index contributed by atoms with van der Waals surface area (Å²) in [5, 5.41) is 5.35. The molecule has 4 rings (SSSR count). The molecule has 0 aliphatic heterocycles. The third-order valence-corrected chi connectivity index (χ3v) is 5.46. The van der Waals surface area contributed by atoms with E-state index in [1.54, 1.807) is 27.9 Å². The van der Waals surface area contributed by atoms with Crippen LogP contribution in [0.15, 0.2) is 79.0 Å². The molecule has 0 fully saturated rings. The number of carbonyl (C=O) groups is 1. The Hall–Kier alpha value is -3.67. The van der Waals surface area contributed by atoms with Gasteiger partial charge in [-0.15, -0.1) is 0 Å². The van der Waals surface area contributed by atoms with E-state index in [1.165, 1.54) is 12.1 Å². The topological polar surface area (TPSA) is 47.4 Å². The average Bonchev–Trinajstić information content (AvgIpc) is 3.22. The fraction of sp³-hybridized carbons (Fsp3) is 0.200. The number of nitrogens with zero attached hydrogens (tertiary/aromatic N) is 3. The highest BCUT2D eigenvalue weighted by molar-refractivity contribution is 5.81. The van der Waals surface area contributed by atoms with Gasteiger partial charge in [0.05, 0.1) is 23.4 Å². The minimum atomic E-state index is -0.323. The minimum absolute atomic E-state index is 0.150. The summed E-state index contributed by atoms with van der Waals surface area (Å²) in [7, 11) is 0. The van der Waals surface area contributed by atoms with Gasteiger partial charge in [-0.3, -0.25) is 4.79 Å². The molecular formula is C25H24FN3O2. The van der Waals surface area contributed by atoms with Gasteiger partial charge in [-0.05, 0) is 61.9 Å². The van der Waals surface area contributed by atoms with E-state index in [0.717, 1.165) is 28.6 Å². The molecule has 1 amide bonds. The Morgan fingerprint density at radius 1 is 1.10 bits per heavy atom. The zero-order valence-electron chi connectivity index (χ0n) is 17.5. The van der Waals surface area contributed by atoms with E-state index in [1.807, 2.05) is 62.4 Å². The van der Waals surface area contributed by atoms with Crippen LogP contribution in [-0.4, -0.2) is 33.7 Å². The molecule has 0 radical (unpaired) electrons. The standard InChI is InChI=1S/C25H24FN3O2/c1-3-28(17-30)18(2)25(19-7-5-4-6-8-19)31-23-13-14-24-20(15-23)16-27-29(24)22-11-9-21(26)10-12-22/h4-18,25H,3H2,1-2H3/t18-,25+/m0/s1. The van der Waals surface area contributed by atoms with Crippen LogP contribution >= 0.6 is 0 Å². The molecule has 0 bridgehead atoms. The molecule has 0 unspecified atom stereocenters. The van der Waals surface area contributed by atoms with Crippen molar-refractivity contribution in [2.24, 2.45) is 0 Å². The Labute approximate surface area is 180 Å². The summed E-state index contributed by atoms with van der Waals surface area (Å²) in [6.45, 7) is 4.53. The predicted molar refractivity (Wildman–Crippen MR) is 119 cm³/mol. The van der Waals surface area contributed by atoms with Crippen molar-refractivity contribution in [3.63, 3.8) is 0 Å². The Bertz CT molecular complexity index is 1160. The van der Waals surface area contributed by atoms with E-state index in [9.17, 15) is 9.18 Å². The Morgan fingerprint density at radius 2 is 1.84 bits per heavy atom. The van der Waals surface area contributed by atoms with Gasteiger partial charge >= 0.3 is 0 Å². The van der Waals surface area contributed by atoms with Gasteiger partial charge in [-0.1, -0.05) is 30.3 Å². The lowest BCUT2D eigenvalue weighted by molar-refractivity contribution is -0.121. The third-order valence-electron chi connectivity index (χ3n) is 5.46. The van der Waals surface area contributed by atoms with Crippen LogP contribution in [0.4, 0.5) is 4.39 Å². The second kappa shape index (κ2) is 9.00. The molecule has 31 heavy (non-hydrogen) atoms. The number of ether oxygens (including phenoxy) is 1. The maximum absolute atomic E-state index is 13.3. The highest BCUT2D eigenvalue weighted by atomic mass is 19.1. The highest BCUT2D eigenvalue weighted by Crippen LogP contribution is 2.30. The molecule has 0 aliphatic rings. The van der Waals surface area contributed by atoms with Crippen molar-refractivity contribution in [1.82, 2.24) is 14.7 Å². The zero-order chi connectivity index (χ0) is 21.8. The largest absolute Gasteiger partial charge is 0.484 e. The maximum atomic E-state index is 13.3. The molecule has 0 spiro atoms. The number of carbonyl (C=O) groups excluding carboxylic acids is 1. The summed E-state index contributed by atoms with van der Waals surface area (Å²) in [5.74, 6) is 0.405. The smallest absolute Gasteiger partial charge is 0.210 e. The van der Waals surface area contributed by atoms with E-state index in [0.29, 0.717) is 12.3 Å². The van der Waals surface area contributed by atoms with Gasteiger partial charge in [0.25, 0.3) is 0 Å². The van der Waals surface area contributed by atoms with Gasteiger partial charge in [0.15, 0.2) is 0 Å². The number of fused-ring (bicyclic) bond motifs is 1. The number of rotatable bonds is 8. The molecule has 0 N–H and O–H groups in total. The number of likely N-dealkylation sites (N-methyl/N-ethyl adjacent to an activating group) is 1. The van der Waals surface area contributed by atoms with Crippen molar-refractivity contribution in [1.29, 1.82) is 0 Å². The molecule has 2 atom stereocenters. The number of hydrogen-bond donors (Lipinski definition) is 0. The van der Waals surface area contributed by atoms with Gasteiger partial charge < -0.3 is 9.64 Å². The monoisotopic (exact) mass is 417 g/mol. The summed E-state index contributed by atoms with van der Waals surface area (Å²) in [6.07, 6.45) is 2.30. The van der Waals surface area contributed by atoms with Crippen LogP contribution in [0.25, 0.3) is 16.6 Å². The first-order chi connectivity index (χ1) is 15.1. The molecule has 0 saturated carbocycles. The van der Waals surface area contributed by atoms with E-state index in [-0.39, 0.29) is 18.0 Å². The number of amides is 1. The Balaban J connectivity index is 1.66. The molecule has 5 nitrogen and oxygen atoms in total. The first-order valence-corrected chi connectivity index (χ1v) is 10.3. The molecule has 6 heteroatoms. The lowest BCUT2D eigenvalue weighted by Crippen LogP contribution is -2.38. The van der Waals surface area contributed by atoms with Crippen molar-refractivity contribution >= 4 is 17.3 Å². The maximum Gasteiger partial charge on any atom is 0.210 e. The van der Waals surface area contributed by atoms with E-state index < -0.39 is 0 Å². The van der Waals surface area contributed by atoms with Gasteiger partial charge in [0.2, 0.25) is 6.41 Å². The fourth-order valence-corrected chi connectivity index (χ4v) is 3.74. The second-order valence-corrected chi connectivity index (χ2v) is 7.38. The normalized spacial score (nSPS) is 13.0. The molecule has 0 saturated heterocycles. The van der Waals surface area contributed by atoms with Crippen molar-refractivity contribution in [2.75, 3.05) is 6.54 Å². The quantitative estimate of drug-likeness (QED) is 0.373. The first-order valence-electron chi connectivity index (χ1n) is 10.3. The molecule has 4 aromatic rings. The van der Waals surface area contributed by atoms with Crippen LogP contribution in [0.1, 0.15) is 25.5 Å². The fourth-order valence-electron chi connectivity index (χ4n) is 3.74. The SMILES string of the molecule is CCN(C=O)[C@@H](C)[C@@H](Oc1ccc2c(cnn2-c2ccc(F)cc2)c1)c1ccccc1. The van der Waals surface area contributed by atoms with Crippen molar-refractivity contribution < 1.29 is 13.9 Å². The molecule has 3 aromatic carbocycles. The Morgan fingerprint density at radius 3 is 2.52 bits per heavy atom. The molecule has 1 heterocycles. The lowest BCUT2D eigenvalue weighted by atomic mass is 10.0. The summed E-state index contributed by atoms with van der Waals surface area (Å²) in [5.41, 5.74) is 2.68. The van der Waals surface area contributed by atoms with E-state index in [4.69, 9.17) is 4.74 Å². The van der Waals surface area contributed by atoms with Crippen molar-refractivity contribution in [2.45, 2.75) is 26.0 Å². The summed E-state index contributed by atoms with van der Waals surface area (Å²) >= 11 is 0. The minimum Gasteiger partial charge on any atom is -0.484 e. The zero-order valence-corrected chi connectivity index (χ0v) is 17.5. The molecule has 0 aliphatic carbocycles. The van der Waals surface area contributed by atoms with Gasteiger partial charge in [-0.25, -0.2) is 9.07 Å². The molecular weight excluding hydrogens is 393 g/mol. The van der Waals surface area contributed by atoms with Crippen molar-refractivity contribution in [3.05, 3.63) is 90.4 Å². The number of halogens is 1. The van der Waals surface area contributed by atoms with Gasteiger partial charge in [0, 0.05) is 11.9 Å². The lowest BCUT2D eigenvalue weighted by Gasteiger charge is -2.32. The van der Waals surface area contributed by atoms with Crippen LogP contribution in [0, 0.1) is 5.82 Å². The van der Waals surface area contributed by atoms with Gasteiger partial charge in [-0.2, -0.15) is 5.10 Å². The predicted octanol–water partition coefficient (Wildman–Crippen LogP) is 5.15. The number of hydrogen-bond acceptors (Lipinski definition) is 3. The molecule has 158 valence electrons. The van der Waals surface area contributed by atoms with Crippen LogP contribution in [0.3, 0.4) is 0 Å². The number of aromatic nitrogens is 2. The average molecular weight is 417 g/mol. The molecule has 1 aromatic heterocycles. The van der Waals surface area contributed by atoms with Crippen molar-refractivity contribution in [3.8, 4) is 11.4 Å². The number of benzene rings is 3.